The highest BCUT2D eigenvalue weighted by Crippen LogP contribution is 2.24. The second kappa shape index (κ2) is 4.78. The minimum absolute atomic E-state index is 0.573. The van der Waals surface area contributed by atoms with Gasteiger partial charge >= 0.3 is 0 Å². The lowest BCUT2D eigenvalue weighted by atomic mass is 9.87. The molecule has 18 heavy (non-hydrogen) atoms. The second-order valence-corrected chi connectivity index (χ2v) is 4.60. The van der Waals surface area contributed by atoms with Crippen molar-refractivity contribution in [2.45, 2.75) is 19.3 Å². The fourth-order valence-electron chi connectivity index (χ4n) is 2.32. The molecule has 0 fully saturated rings. The molecule has 0 amide bonds. The van der Waals surface area contributed by atoms with Crippen molar-refractivity contribution < 1.29 is 0 Å². The Labute approximate surface area is 106 Å². The van der Waals surface area contributed by atoms with Crippen molar-refractivity contribution in [2.24, 2.45) is 11.7 Å². The average Bonchev–Trinajstić information content (AvgIpc) is 2.47. The van der Waals surface area contributed by atoms with Crippen LogP contribution in [0.4, 0.5) is 0 Å². The maximum Gasteiger partial charge on any atom is 0.179 e. The van der Waals surface area contributed by atoms with E-state index in [2.05, 4.69) is 19.9 Å². The highest BCUT2D eigenvalue weighted by atomic mass is 14.9. The molecule has 1 atom stereocenters. The van der Waals surface area contributed by atoms with Gasteiger partial charge in [-0.3, -0.25) is 4.98 Å². The number of nitrogens with zero attached hydrogens (tertiary/aromatic N) is 4. The summed E-state index contributed by atoms with van der Waals surface area (Å²) in [6.07, 6.45) is 9.98. The lowest BCUT2D eigenvalue weighted by Gasteiger charge is -2.22. The SMILES string of the molecule is NCC1CCc2nc(-c3cnccn3)ncc2C1. The molecule has 2 aromatic heterocycles. The molecule has 0 radical (unpaired) electrons. The molecular weight excluding hydrogens is 226 g/mol. The van der Waals surface area contributed by atoms with Crippen molar-refractivity contribution in [1.82, 2.24) is 19.9 Å². The van der Waals surface area contributed by atoms with Crippen LogP contribution in [0.15, 0.2) is 24.8 Å². The maximum atomic E-state index is 5.72. The van der Waals surface area contributed by atoms with Crippen molar-refractivity contribution >= 4 is 0 Å². The number of hydrogen-bond donors (Lipinski definition) is 1. The van der Waals surface area contributed by atoms with Crippen molar-refractivity contribution in [3.8, 4) is 11.5 Å². The van der Waals surface area contributed by atoms with Gasteiger partial charge in [-0.15, -0.1) is 0 Å². The van der Waals surface area contributed by atoms with Crippen LogP contribution in [-0.2, 0) is 12.8 Å². The lowest BCUT2D eigenvalue weighted by molar-refractivity contribution is 0.462. The van der Waals surface area contributed by atoms with E-state index >= 15 is 0 Å². The summed E-state index contributed by atoms with van der Waals surface area (Å²) in [5.74, 6) is 1.23. The van der Waals surface area contributed by atoms with E-state index in [9.17, 15) is 0 Å². The molecule has 1 unspecified atom stereocenters. The highest BCUT2D eigenvalue weighted by molar-refractivity contribution is 5.47. The average molecular weight is 241 g/mol. The van der Waals surface area contributed by atoms with Gasteiger partial charge in [0.2, 0.25) is 0 Å². The second-order valence-electron chi connectivity index (χ2n) is 4.60. The molecule has 3 rings (SSSR count). The minimum Gasteiger partial charge on any atom is -0.330 e. The van der Waals surface area contributed by atoms with Gasteiger partial charge in [0, 0.05) is 24.3 Å². The molecule has 1 aliphatic carbocycles. The largest absolute Gasteiger partial charge is 0.330 e. The number of rotatable bonds is 2. The van der Waals surface area contributed by atoms with E-state index < -0.39 is 0 Å². The number of fused-ring (bicyclic) bond motifs is 1. The van der Waals surface area contributed by atoms with Crippen molar-refractivity contribution in [3.05, 3.63) is 36.0 Å². The van der Waals surface area contributed by atoms with Crippen LogP contribution in [0.2, 0.25) is 0 Å². The minimum atomic E-state index is 0.573. The van der Waals surface area contributed by atoms with Gasteiger partial charge < -0.3 is 5.73 Å². The summed E-state index contributed by atoms with van der Waals surface area (Å²) in [5.41, 5.74) is 8.81. The van der Waals surface area contributed by atoms with E-state index in [4.69, 9.17) is 5.73 Å². The summed E-state index contributed by atoms with van der Waals surface area (Å²) < 4.78 is 0. The van der Waals surface area contributed by atoms with E-state index in [1.54, 1.807) is 18.6 Å². The Morgan fingerprint density at radius 3 is 2.94 bits per heavy atom. The Morgan fingerprint density at radius 1 is 1.22 bits per heavy atom. The first kappa shape index (κ1) is 11.2. The fraction of sp³-hybridized carbons (Fsp3) is 0.385. The molecule has 0 aromatic carbocycles. The number of nitrogens with two attached hydrogens (primary N) is 1. The van der Waals surface area contributed by atoms with E-state index in [1.807, 2.05) is 6.20 Å². The molecule has 2 heterocycles. The van der Waals surface area contributed by atoms with Crippen LogP contribution in [-0.4, -0.2) is 26.5 Å². The van der Waals surface area contributed by atoms with Crippen LogP contribution in [0, 0.1) is 5.92 Å². The topological polar surface area (TPSA) is 77.6 Å². The summed E-state index contributed by atoms with van der Waals surface area (Å²) in [4.78, 5) is 17.2. The molecule has 0 saturated carbocycles. The third-order valence-corrected chi connectivity index (χ3v) is 3.38. The molecule has 2 aromatic rings. The zero-order valence-electron chi connectivity index (χ0n) is 10.1. The summed E-state index contributed by atoms with van der Waals surface area (Å²) in [5, 5.41) is 0. The first-order chi connectivity index (χ1) is 8.86. The van der Waals surface area contributed by atoms with Crippen LogP contribution in [0.25, 0.3) is 11.5 Å². The molecule has 2 N–H and O–H groups in total. The van der Waals surface area contributed by atoms with Gasteiger partial charge in [-0.2, -0.15) is 0 Å². The van der Waals surface area contributed by atoms with Gasteiger partial charge in [-0.25, -0.2) is 15.0 Å². The van der Waals surface area contributed by atoms with Gasteiger partial charge in [0.15, 0.2) is 5.82 Å². The van der Waals surface area contributed by atoms with Gasteiger partial charge in [-0.1, -0.05) is 0 Å². The molecule has 92 valence electrons. The van der Waals surface area contributed by atoms with E-state index in [0.29, 0.717) is 11.7 Å². The van der Waals surface area contributed by atoms with Crippen molar-refractivity contribution in [2.75, 3.05) is 6.54 Å². The van der Waals surface area contributed by atoms with Crippen LogP contribution < -0.4 is 5.73 Å². The zero-order chi connectivity index (χ0) is 12.4. The Hall–Kier alpha value is -1.88. The third-order valence-electron chi connectivity index (χ3n) is 3.38. The molecule has 0 spiro atoms. The van der Waals surface area contributed by atoms with Gasteiger partial charge in [0.05, 0.1) is 6.20 Å². The van der Waals surface area contributed by atoms with Crippen molar-refractivity contribution in [1.29, 1.82) is 0 Å². The predicted octanol–water partition coefficient (Wildman–Crippen LogP) is 0.997. The summed E-state index contributed by atoms with van der Waals surface area (Å²) in [7, 11) is 0. The summed E-state index contributed by atoms with van der Waals surface area (Å²) in [6.45, 7) is 0.741. The van der Waals surface area contributed by atoms with Gasteiger partial charge in [-0.05, 0) is 37.3 Å². The van der Waals surface area contributed by atoms with Crippen LogP contribution in [0.5, 0.6) is 0 Å². The van der Waals surface area contributed by atoms with Crippen LogP contribution in [0.1, 0.15) is 17.7 Å². The first-order valence-corrected chi connectivity index (χ1v) is 6.18. The normalized spacial score (nSPS) is 18.4. The molecule has 1 aliphatic rings. The van der Waals surface area contributed by atoms with E-state index in [-0.39, 0.29) is 0 Å². The predicted molar refractivity (Wildman–Crippen MR) is 67.6 cm³/mol. The number of aromatic nitrogens is 4. The van der Waals surface area contributed by atoms with Gasteiger partial charge in [0.25, 0.3) is 0 Å². The Kier molecular flexibility index (Phi) is 2.98. The molecule has 5 heteroatoms. The monoisotopic (exact) mass is 241 g/mol. The quantitative estimate of drug-likeness (QED) is 0.848. The Morgan fingerprint density at radius 2 is 2.17 bits per heavy atom. The fourth-order valence-corrected chi connectivity index (χ4v) is 2.32. The first-order valence-electron chi connectivity index (χ1n) is 6.18. The third kappa shape index (κ3) is 2.09. The molecule has 0 bridgehead atoms. The molecule has 5 nitrogen and oxygen atoms in total. The van der Waals surface area contributed by atoms with Crippen molar-refractivity contribution in [3.63, 3.8) is 0 Å². The van der Waals surface area contributed by atoms with Crippen LogP contribution in [0.3, 0.4) is 0 Å². The van der Waals surface area contributed by atoms with Crippen LogP contribution >= 0.6 is 0 Å². The van der Waals surface area contributed by atoms with E-state index in [1.165, 1.54) is 5.56 Å². The smallest absolute Gasteiger partial charge is 0.179 e. The number of hydrogen-bond acceptors (Lipinski definition) is 5. The van der Waals surface area contributed by atoms with Gasteiger partial charge in [0.1, 0.15) is 5.69 Å². The maximum absolute atomic E-state index is 5.72. The van der Waals surface area contributed by atoms with E-state index in [0.717, 1.165) is 37.2 Å². The molecular formula is C13H15N5. The highest BCUT2D eigenvalue weighted by Gasteiger charge is 2.19. The standard InChI is InChI=1S/C13H15N5/c14-6-9-1-2-11-10(5-9)7-17-13(18-11)12-8-15-3-4-16-12/h3-4,7-9H,1-2,5-6,14H2. The molecule has 0 saturated heterocycles. The Balaban J connectivity index is 1.93. The Bertz CT molecular complexity index is 540. The number of aryl methyl sites for hydroxylation is 1. The zero-order valence-corrected chi connectivity index (χ0v) is 10.1. The lowest BCUT2D eigenvalue weighted by Crippen LogP contribution is -2.23. The summed E-state index contributed by atoms with van der Waals surface area (Å²) >= 11 is 0. The summed E-state index contributed by atoms with van der Waals surface area (Å²) in [6, 6.07) is 0. The molecule has 0 aliphatic heterocycles.